The van der Waals surface area contributed by atoms with E-state index in [1.807, 2.05) is 0 Å². The molecule has 1 saturated carbocycles. The molecule has 1 N–H and O–H groups in total. The summed E-state index contributed by atoms with van der Waals surface area (Å²) in [5.41, 5.74) is 0. The first-order valence-corrected chi connectivity index (χ1v) is 8.43. The molecule has 3 rings (SSSR count). The summed E-state index contributed by atoms with van der Waals surface area (Å²) >= 11 is 1.70. The van der Waals surface area contributed by atoms with Crippen LogP contribution in [0.15, 0.2) is 0 Å². The molecule has 1 saturated heterocycles. The maximum Gasteiger partial charge on any atom is 0.205 e. The third-order valence-corrected chi connectivity index (χ3v) is 4.74. The second-order valence-electron chi connectivity index (χ2n) is 6.25. The van der Waals surface area contributed by atoms with Gasteiger partial charge in [-0.05, 0) is 18.8 Å². The van der Waals surface area contributed by atoms with Crippen LogP contribution in [-0.4, -0.2) is 54.0 Å². The van der Waals surface area contributed by atoms with Gasteiger partial charge < -0.3 is 10.1 Å². The van der Waals surface area contributed by atoms with E-state index in [4.69, 9.17) is 4.74 Å². The molecule has 0 aromatic carbocycles. The highest BCUT2D eigenvalue weighted by Gasteiger charge is 2.27. The molecular formula is C14H24N4OS. The lowest BCUT2D eigenvalue weighted by molar-refractivity contribution is -0.0244. The molecular weight excluding hydrogens is 272 g/mol. The Labute approximate surface area is 124 Å². The maximum atomic E-state index is 5.83. The summed E-state index contributed by atoms with van der Waals surface area (Å²) in [6, 6.07) is 0. The summed E-state index contributed by atoms with van der Waals surface area (Å²) in [7, 11) is 0. The van der Waals surface area contributed by atoms with Gasteiger partial charge in [0.25, 0.3) is 0 Å². The molecule has 112 valence electrons. The van der Waals surface area contributed by atoms with Gasteiger partial charge in [0.1, 0.15) is 5.01 Å². The molecule has 1 aliphatic heterocycles. The second kappa shape index (κ2) is 6.37. The summed E-state index contributed by atoms with van der Waals surface area (Å²) in [5, 5.41) is 14.0. The Morgan fingerprint density at radius 1 is 1.40 bits per heavy atom. The zero-order valence-electron chi connectivity index (χ0n) is 12.3. The molecule has 0 amide bonds. The number of rotatable bonds is 6. The van der Waals surface area contributed by atoms with Crippen LogP contribution in [-0.2, 0) is 4.74 Å². The lowest BCUT2D eigenvalue weighted by Gasteiger charge is -2.33. The van der Waals surface area contributed by atoms with Gasteiger partial charge in [-0.15, -0.1) is 10.2 Å². The predicted molar refractivity (Wildman–Crippen MR) is 81.4 cm³/mol. The van der Waals surface area contributed by atoms with E-state index in [0.717, 1.165) is 37.9 Å². The third-order valence-electron chi connectivity index (χ3n) is 3.69. The van der Waals surface area contributed by atoms with Crippen molar-refractivity contribution in [3.8, 4) is 0 Å². The van der Waals surface area contributed by atoms with Crippen molar-refractivity contribution in [2.24, 2.45) is 5.92 Å². The molecule has 2 fully saturated rings. The second-order valence-corrected chi connectivity index (χ2v) is 7.26. The third kappa shape index (κ3) is 3.90. The first-order valence-electron chi connectivity index (χ1n) is 7.62. The largest absolute Gasteiger partial charge is 0.374 e. The maximum absolute atomic E-state index is 5.83. The summed E-state index contributed by atoms with van der Waals surface area (Å²) in [5.74, 6) is 1.40. The van der Waals surface area contributed by atoms with Gasteiger partial charge in [-0.3, -0.25) is 4.90 Å². The first-order chi connectivity index (χ1) is 9.70. The van der Waals surface area contributed by atoms with Crippen LogP contribution in [0.25, 0.3) is 0 Å². The Morgan fingerprint density at radius 3 is 3.00 bits per heavy atom. The summed E-state index contributed by atoms with van der Waals surface area (Å²) in [6.45, 7) is 9.42. The van der Waals surface area contributed by atoms with Crippen LogP contribution in [0.1, 0.15) is 37.6 Å². The molecule has 5 nitrogen and oxygen atoms in total. The predicted octanol–water partition coefficient (Wildman–Crippen LogP) is 2.18. The van der Waals surface area contributed by atoms with Crippen molar-refractivity contribution in [3.63, 3.8) is 0 Å². The van der Waals surface area contributed by atoms with Crippen LogP contribution >= 0.6 is 11.3 Å². The zero-order chi connectivity index (χ0) is 13.9. The quantitative estimate of drug-likeness (QED) is 0.872. The number of ether oxygens (including phenoxy) is 1. The number of nitrogens with one attached hydrogen (secondary N) is 1. The van der Waals surface area contributed by atoms with Crippen molar-refractivity contribution < 1.29 is 4.74 Å². The number of nitrogens with zero attached hydrogens (tertiary/aromatic N) is 3. The van der Waals surface area contributed by atoms with Gasteiger partial charge >= 0.3 is 0 Å². The van der Waals surface area contributed by atoms with Crippen LogP contribution < -0.4 is 5.32 Å². The van der Waals surface area contributed by atoms with E-state index in [9.17, 15) is 0 Å². The highest BCUT2D eigenvalue weighted by Crippen LogP contribution is 2.42. The average molecular weight is 296 g/mol. The van der Waals surface area contributed by atoms with Crippen LogP contribution in [0, 0.1) is 5.92 Å². The lowest BCUT2D eigenvalue weighted by atomic mass is 10.2. The van der Waals surface area contributed by atoms with Gasteiger partial charge in [0.2, 0.25) is 5.13 Å². The van der Waals surface area contributed by atoms with E-state index < -0.39 is 0 Å². The van der Waals surface area contributed by atoms with Crippen molar-refractivity contribution in [1.82, 2.24) is 15.1 Å². The van der Waals surface area contributed by atoms with E-state index in [0.29, 0.717) is 11.8 Å². The Bertz CT molecular complexity index is 433. The van der Waals surface area contributed by atoms with E-state index in [2.05, 4.69) is 34.3 Å². The Balaban J connectivity index is 1.44. The molecule has 1 atom stereocenters. The van der Waals surface area contributed by atoms with Crippen LogP contribution in [0.4, 0.5) is 5.13 Å². The van der Waals surface area contributed by atoms with Crippen molar-refractivity contribution in [2.45, 2.75) is 38.7 Å². The number of hydrogen-bond donors (Lipinski definition) is 1. The topological polar surface area (TPSA) is 50.3 Å². The monoisotopic (exact) mass is 296 g/mol. The van der Waals surface area contributed by atoms with E-state index in [1.165, 1.54) is 17.8 Å². The minimum Gasteiger partial charge on any atom is -0.374 e. The number of morpholine rings is 1. The molecule has 0 spiro atoms. The standard InChI is InChI=1S/C14H24N4OS/c1-10(2)8-18-5-6-19-12(9-18)7-15-14-17-16-13(20-14)11-3-4-11/h10-12H,3-9H2,1-2H3,(H,15,17). The van der Waals surface area contributed by atoms with Crippen molar-refractivity contribution in [3.05, 3.63) is 5.01 Å². The molecule has 0 radical (unpaired) electrons. The smallest absolute Gasteiger partial charge is 0.205 e. The summed E-state index contributed by atoms with van der Waals surface area (Å²) in [6.07, 6.45) is 2.82. The average Bonchev–Trinajstić information content (AvgIpc) is 3.16. The molecule has 1 aliphatic carbocycles. The normalized spacial score (nSPS) is 24.2. The summed E-state index contributed by atoms with van der Waals surface area (Å²) < 4.78 is 5.83. The van der Waals surface area contributed by atoms with Gasteiger partial charge in [-0.25, -0.2) is 0 Å². The van der Waals surface area contributed by atoms with Gasteiger partial charge in [0.05, 0.1) is 12.7 Å². The molecule has 1 unspecified atom stereocenters. The summed E-state index contributed by atoms with van der Waals surface area (Å²) in [4.78, 5) is 2.50. The molecule has 1 aromatic rings. The van der Waals surface area contributed by atoms with Crippen molar-refractivity contribution in [1.29, 1.82) is 0 Å². The Kier molecular flexibility index (Phi) is 4.53. The number of hydrogen-bond acceptors (Lipinski definition) is 6. The fourth-order valence-electron chi connectivity index (χ4n) is 2.59. The molecule has 2 aliphatic rings. The highest BCUT2D eigenvalue weighted by molar-refractivity contribution is 7.15. The highest BCUT2D eigenvalue weighted by atomic mass is 32.1. The molecule has 0 bridgehead atoms. The number of aromatic nitrogens is 2. The first kappa shape index (κ1) is 14.2. The molecule has 20 heavy (non-hydrogen) atoms. The Hall–Kier alpha value is -0.720. The van der Waals surface area contributed by atoms with Gasteiger partial charge in [-0.1, -0.05) is 25.2 Å². The molecule has 6 heteroatoms. The lowest BCUT2D eigenvalue weighted by Crippen LogP contribution is -2.46. The fraction of sp³-hybridized carbons (Fsp3) is 0.857. The van der Waals surface area contributed by atoms with E-state index >= 15 is 0 Å². The minimum atomic E-state index is 0.260. The minimum absolute atomic E-state index is 0.260. The number of anilines is 1. The van der Waals surface area contributed by atoms with E-state index in [1.54, 1.807) is 11.3 Å². The SMILES string of the molecule is CC(C)CN1CCOC(CNc2nnc(C3CC3)s2)C1. The molecule has 1 aromatic heterocycles. The van der Waals surface area contributed by atoms with Crippen molar-refractivity contribution >= 4 is 16.5 Å². The fourth-order valence-corrected chi connectivity index (χ4v) is 3.51. The molecule has 2 heterocycles. The van der Waals surface area contributed by atoms with Crippen LogP contribution in [0.3, 0.4) is 0 Å². The Morgan fingerprint density at radius 2 is 2.25 bits per heavy atom. The van der Waals surface area contributed by atoms with Crippen molar-refractivity contribution in [2.75, 3.05) is 38.1 Å². The van der Waals surface area contributed by atoms with E-state index in [-0.39, 0.29) is 6.10 Å². The van der Waals surface area contributed by atoms with Gasteiger partial charge in [-0.2, -0.15) is 0 Å². The van der Waals surface area contributed by atoms with Crippen LogP contribution in [0.2, 0.25) is 0 Å². The van der Waals surface area contributed by atoms with Gasteiger partial charge in [0, 0.05) is 32.1 Å². The van der Waals surface area contributed by atoms with Crippen LogP contribution in [0.5, 0.6) is 0 Å². The zero-order valence-corrected chi connectivity index (χ0v) is 13.2. The van der Waals surface area contributed by atoms with Gasteiger partial charge in [0.15, 0.2) is 0 Å².